The van der Waals surface area contributed by atoms with Crippen molar-refractivity contribution in [3.05, 3.63) is 17.0 Å². The third-order valence-corrected chi connectivity index (χ3v) is 3.47. The lowest BCUT2D eigenvalue weighted by Gasteiger charge is -2.19. The number of fused-ring (bicyclic) bond motifs is 3. The van der Waals surface area contributed by atoms with Gasteiger partial charge in [-0.2, -0.15) is 5.10 Å². The zero-order valence-electron chi connectivity index (χ0n) is 8.71. The van der Waals surface area contributed by atoms with Gasteiger partial charge in [0, 0.05) is 13.1 Å². The van der Waals surface area contributed by atoms with Crippen LogP contribution in [-0.4, -0.2) is 16.3 Å². The van der Waals surface area contributed by atoms with Gasteiger partial charge in [-0.1, -0.05) is 6.92 Å². The highest BCUT2D eigenvalue weighted by molar-refractivity contribution is 5.29. The minimum atomic E-state index is 0.846. The number of aryl methyl sites for hydroxylation is 1. The summed E-state index contributed by atoms with van der Waals surface area (Å²) in [6, 6.07) is 0. The van der Waals surface area contributed by atoms with Crippen molar-refractivity contribution >= 4 is 0 Å². The first-order chi connectivity index (χ1) is 6.84. The van der Waals surface area contributed by atoms with Crippen LogP contribution in [-0.2, 0) is 25.9 Å². The number of nitrogens with one attached hydrogen (secondary N) is 1. The van der Waals surface area contributed by atoms with Crippen molar-refractivity contribution in [1.82, 2.24) is 15.1 Å². The van der Waals surface area contributed by atoms with E-state index in [1.807, 2.05) is 0 Å². The highest BCUT2D eigenvalue weighted by Crippen LogP contribution is 2.28. The molecule has 1 N–H and O–H groups in total. The minimum Gasteiger partial charge on any atom is -0.309 e. The summed E-state index contributed by atoms with van der Waals surface area (Å²) < 4.78 is 2.22. The smallest absolute Gasteiger partial charge is 0.0660 e. The molecule has 0 aromatic carbocycles. The van der Waals surface area contributed by atoms with Gasteiger partial charge in [0.05, 0.1) is 17.9 Å². The van der Waals surface area contributed by atoms with Gasteiger partial charge < -0.3 is 5.32 Å². The maximum Gasteiger partial charge on any atom is 0.0660 e. The number of hydrogen-bond donors (Lipinski definition) is 1. The Labute approximate surface area is 84.5 Å². The van der Waals surface area contributed by atoms with E-state index in [9.17, 15) is 0 Å². The second-order valence-corrected chi connectivity index (χ2v) is 4.62. The van der Waals surface area contributed by atoms with Crippen LogP contribution in [0.15, 0.2) is 0 Å². The molecule has 3 nitrogen and oxygen atoms in total. The average molecular weight is 191 g/mol. The zero-order chi connectivity index (χ0) is 9.54. The van der Waals surface area contributed by atoms with Gasteiger partial charge in [0.15, 0.2) is 0 Å². The van der Waals surface area contributed by atoms with E-state index >= 15 is 0 Å². The molecule has 1 unspecified atom stereocenters. The second kappa shape index (κ2) is 3.09. The van der Waals surface area contributed by atoms with Gasteiger partial charge >= 0.3 is 0 Å². The number of aromatic nitrogens is 2. The van der Waals surface area contributed by atoms with Gasteiger partial charge in [0.25, 0.3) is 0 Å². The van der Waals surface area contributed by atoms with Crippen molar-refractivity contribution in [3.63, 3.8) is 0 Å². The van der Waals surface area contributed by atoms with Crippen molar-refractivity contribution in [2.24, 2.45) is 5.92 Å². The molecule has 2 aliphatic rings. The van der Waals surface area contributed by atoms with E-state index in [2.05, 4.69) is 16.9 Å². The molecule has 1 aromatic heterocycles. The Morgan fingerprint density at radius 2 is 2.43 bits per heavy atom. The van der Waals surface area contributed by atoms with Crippen LogP contribution in [0.2, 0.25) is 0 Å². The quantitative estimate of drug-likeness (QED) is 0.666. The monoisotopic (exact) mass is 191 g/mol. The number of nitrogens with zero attached hydrogens (tertiary/aromatic N) is 2. The van der Waals surface area contributed by atoms with E-state index in [1.165, 1.54) is 30.7 Å². The fraction of sp³-hybridized carbons (Fsp3) is 0.727. The first-order valence-corrected chi connectivity index (χ1v) is 5.63. The first kappa shape index (κ1) is 8.48. The van der Waals surface area contributed by atoms with E-state index in [0.717, 1.165) is 25.6 Å². The molecule has 0 fully saturated rings. The van der Waals surface area contributed by atoms with Crippen LogP contribution in [0, 0.1) is 5.92 Å². The normalized spacial score (nSPS) is 25.6. The largest absolute Gasteiger partial charge is 0.309 e. The summed E-state index contributed by atoms with van der Waals surface area (Å²) in [5, 5.41) is 8.13. The summed E-state index contributed by atoms with van der Waals surface area (Å²) in [7, 11) is 0. The van der Waals surface area contributed by atoms with Gasteiger partial charge in [-0.25, -0.2) is 0 Å². The molecule has 1 atom stereocenters. The molecule has 0 radical (unpaired) electrons. The van der Waals surface area contributed by atoms with E-state index in [1.54, 1.807) is 5.56 Å². The summed E-state index contributed by atoms with van der Waals surface area (Å²) >= 11 is 0. The van der Waals surface area contributed by atoms with Crippen LogP contribution in [0.5, 0.6) is 0 Å². The molecule has 0 bridgehead atoms. The topological polar surface area (TPSA) is 29.9 Å². The molecule has 0 saturated heterocycles. The molecule has 3 rings (SSSR count). The van der Waals surface area contributed by atoms with Crippen molar-refractivity contribution in [1.29, 1.82) is 0 Å². The van der Waals surface area contributed by atoms with E-state index in [-0.39, 0.29) is 0 Å². The minimum absolute atomic E-state index is 0.846. The molecule has 0 spiro atoms. The van der Waals surface area contributed by atoms with Crippen molar-refractivity contribution in [2.45, 2.75) is 39.3 Å². The molecule has 76 valence electrons. The Bertz CT molecular complexity index is 354. The highest BCUT2D eigenvalue weighted by atomic mass is 15.3. The lowest BCUT2D eigenvalue weighted by molar-refractivity contribution is 0.472. The van der Waals surface area contributed by atoms with Gasteiger partial charge in [-0.15, -0.1) is 0 Å². The van der Waals surface area contributed by atoms with Gasteiger partial charge in [0.1, 0.15) is 0 Å². The van der Waals surface area contributed by atoms with Crippen molar-refractivity contribution in [3.8, 4) is 0 Å². The lowest BCUT2D eigenvalue weighted by atomic mass is 9.87. The third-order valence-electron chi connectivity index (χ3n) is 3.47. The van der Waals surface area contributed by atoms with Crippen molar-refractivity contribution < 1.29 is 0 Å². The predicted octanol–water partition coefficient (Wildman–Crippen LogP) is 1.11. The van der Waals surface area contributed by atoms with E-state index in [4.69, 9.17) is 5.10 Å². The summed E-state index contributed by atoms with van der Waals surface area (Å²) in [5.41, 5.74) is 4.38. The Hall–Kier alpha value is -0.830. The molecule has 1 aromatic rings. The van der Waals surface area contributed by atoms with Crippen LogP contribution >= 0.6 is 0 Å². The van der Waals surface area contributed by atoms with Crippen LogP contribution in [0.1, 0.15) is 30.3 Å². The van der Waals surface area contributed by atoms with Gasteiger partial charge in [-0.05, 0) is 30.7 Å². The van der Waals surface area contributed by atoms with Crippen LogP contribution in [0.3, 0.4) is 0 Å². The second-order valence-electron chi connectivity index (χ2n) is 4.62. The van der Waals surface area contributed by atoms with Crippen LogP contribution in [0.4, 0.5) is 0 Å². The lowest BCUT2D eigenvalue weighted by Crippen LogP contribution is -2.29. The summed E-state index contributed by atoms with van der Waals surface area (Å²) in [6.45, 7) is 5.50. The molecular formula is C11H17N3. The Morgan fingerprint density at radius 1 is 1.50 bits per heavy atom. The van der Waals surface area contributed by atoms with E-state index < -0.39 is 0 Å². The molecule has 0 amide bonds. The SMILES string of the molecule is CC1CCc2nn3c(c2C1)CNCC3. The molecule has 1 aliphatic carbocycles. The zero-order valence-corrected chi connectivity index (χ0v) is 8.71. The maximum absolute atomic E-state index is 4.70. The number of hydrogen-bond acceptors (Lipinski definition) is 2. The summed E-state index contributed by atoms with van der Waals surface area (Å²) in [4.78, 5) is 0. The molecular weight excluding hydrogens is 174 g/mol. The van der Waals surface area contributed by atoms with E-state index in [0.29, 0.717) is 0 Å². The summed E-state index contributed by atoms with van der Waals surface area (Å²) in [5.74, 6) is 0.846. The van der Waals surface area contributed by atoms with Gasteiger partial charge in [-0.3, -0.25) is 4.68 Å². The first-order valence-electron chi connectivity index (χ1n) is 5.63. The Morgan fingerprint density at radius 3 is 3.36 bits per heavy atom. The fourth-order valence-electron chi connectivity index (χ4n) is 2.63. The highest BCUT2D eigenvalue weighted by Gasteiger charge is 2.24. The molecule has 3 heteroatoms. The standard InChI is InChI=1S/C11H17N3/c1-8-2-3-10-9(6-8)11-7-12-4-5-14(11)13-10/h8,12H,2-7H2,1H3. The Balaban J connectivity index is 2.05. The molecule has 1 aliphatic heterocycles. The molecule has 14 heavy (non-hydrogen) atoms. The third kappa shape index (κ3) is 1.19. The molecule has 2 heterocycles. The fourth-order valence-corrected chi connectivity index (χ4v) is 2.63. The van der Waals surface area contributed by atoms with Gasteiger partial charge in [0.2, 0.25) is 0 Å². The van der Waals surface area contributed by atoms with Crippen LogP contribution < -0.4 is 5.32 Å². The average Bonchev–Trinajstić information content (AvgIpc) is 2.56. The summed E-state index contributed by atoms with van der Waals surface area (Å²) in [6.07, 6.45) is 3.75. The van der Waals surface area contributed by atoms with Crippen LogP contribution in [0.25, 0.3) is 0 Å². The van der Waals surface area contributed by atoms with Crippen molar-refractivity contribution in [2.75, 3.05) is 6.54 Å². The number of rotatable bonds is 0. The predicted molar refractivity (Wildman–Crippen MR) is 55.1 cm³/mol. The molecule has 0 saturated carbocycles. The maximum atomic E-state index is 4.70. The Kier molecular flexibility index (Phi) is 1.87.